The second-order valence-corrected chi connectivity index (χ2v) is 3.89. The van der Waals surface area contributed by atoms with Crippen molar-refractivity contribution in [2.45, 2.75) is 34.1 Å². The second kappa shape index (κ2) is 4.92. The van der Waals surface area contributed by atoms with E-state index in [0.717, 1.165) is 0 Å². The predicted molar refractivity (Wildman–Crippen MR) is 65.0 cm³/mol. The molecule has 0 aliphatic heterocycles. The van der Waals surface area contributed by atoms with Crippen molar-refractivity contribution in [2.24, 2.45) is 0 Å². The van der Waals surface area contributed by atoms with E-state index in [4.69, 9.17) is 0 Å². The first kappa shape index (κ1) is 11.7. The van der Waals surface area contributed by atoms with E-state index < -0.39 is 0 Å². The number of carbonyl (C=O) groups is 1. The van der Waals surface area contributed by atoms with Crippen molar-refractivity contribution in [2.75, 3.05) is 0 Å². The molecular formula is C14H18O. The van der Waals surface area contributed by atoms with Gasteiger partial charge in [-0.2, -0.15) is 0 Å². The zero-order valence-electron chi connectivity index (χ0n) is 9.92. The van der Waals surface area contributed by atoms with Gasteiger partial charge in [0, 0.05) is 6.42 Å². The minimum atomic E-state index is 0.176. The Hall–Kier alpha value is -1.37. The van der Waals surface area contributed by atoms with Crippen LogP contribution in [0.2, 0.25) is 0 Å². The largest absolute Gasteiger partial charge is 0.295 e. The average Bonchev–Trinajstić information content (AvgIpc) is 2.23. The number of hydrogen-bond donors (Lipinski definition) is 0. The summed E-state index contributed by atoms with van der Waals surface area (Å²) >= 11 is 0. The van der Waals surface area contributed by atoms with Crippen molar-refractivity contribution in [3.63, 3.8) is 0 Å². The molecule has 0 fully saturated rings. The molecule has 1 heteroatoms. The Bertz CT molecular complexity index is 400. The Morgan fingerprint density at radius 3 is 2.40 bits per heavy atom. The number of ketones is 1. The lowest BCUT2D eigenvalue weighted by atomic mass is 9.98. The van der Waals surface area contributed by atoms with Crippen LogP contribution in [0.5, 0.6) is 0 Å². The van der Waals surface area contributed by atoms with Crippen LogP contribution in [0.1, 0.15) is 35.6 Å². The summed E-state index contributed by atoms with van der Waals surface area (Å²) in [4.78, 5) is 11.2. The molecule has 15 heavy (non-hydrogen) atoms. The SMILES string of the molecule is CCC(=O)C=Cc1c(C)ccc(C)c1C. The molecule has 0 radical (unpaired) electrons. The second-order valence-electron chi connectivity index (χ2n) is 3.89. The van der Waals surface area contributed by atoms with Gasteiger partial charge in [0.2, 0.25) is 0 Å². The number of aryl methyl sites for hydroxylation is 2. The van der Waals surface area contributed by atoms with Crippen LogP contribution in [0.4, 0.5) is 0 Å². The van der Waals surface area contributed by atoms with Gasteiger partial charge in [0.15, 0.2) is 5.78 Å². The first-order valence-electron chi connectivity index (χ1n) is 5.34. The summed E-state index contributed by atoms with van der Waals surface area (Å²) in [5.74, 6) is 0.176. The third-order valence-corrected chi connectivity index (χ3v) is 2.79. The highest BCUT2D eigenvalue weighted by Crippen LogP contribution is 2.19. The van der Waals surface area contributed by atoms with Gasteiger partial charge in [0.1, 0.15) is 0 Å². The smallest absolute Gasteiger partial charge is 0.155 e. The van der Waals surface area contributed by atoms with Crippen LogP contribution in [-0.4, -0.2) is 5.78 Å². The van der Waals surface area contributed by atoms with Gasteiger partial charge in [-0.15, -0.1) is 0 Å². The van der Waals surface area contributed by atoms with Gasteiger partial charge in [0.05, 0.1) is 0 Å². The van der Waals surface area contributed by atoms with Crippen molar-refractivity contribution in [3.05, 3.63) is 40.5 Å². The molecule has 0 saturated carbocycles. The van der Waals surface area contributed by atoms with E-state index in [1.807, 2.05) is 13.0 Å². The van der Waals surface area contributed by atoms with Crippen LogP contribution in [-0.2, 0) is 4.79 Å². The summed E-state index contributed by atoms with van der Waals surface area (Å²) in [5, 5.41) is 0. The molecule has 1 nitrogen and oxygen atoms in total. The number of allylic oxidation sites excluding steroid dienone is 1. The molecule has 0 heterocycles. The molecule has 0 aromatic heterocycles. The Morgan fingerprint density at radius 1 is 1.20 bits per heavy atom. The third kappa shape index (κ3) is 2.79. The Balaban J connectivity index is 3.09. The van der Waals surface area contributed by atoms with Gasteiger partial charge in [-0.3, -0.25) is 4.79 Å². The normalized spacial score (nSPS) is 10.9. The fraction of sp³-hybridized carbons (Fsp3) is 0.357. The van der Waals surface area contributed by atoms with Crippen LogP contribution < -0.4 is 0 Å². The Morgan fingerprint density at radius 2 is 1.80 bits per heavy atom. The summed E-state index contributed by atoms with van der Waals surface area (Å²) < 4.78 is 0. The molecule has 0 bridgehead atoms. The number of rotatable bonds is 3. The average molecular weight is 202 g/mol. The van der Waals surface area contributed by atoms with E-state index in [-0.39, 0.29) is 5.78 Å². The van der Waals surface area contributed by atoms with Crippen LogP contribution in [0.25, 0.3) is 6.08 Å². The lowest BCUT2D eigenvalue weighted by Crippen LogP contribution is -1.92. The summed E-state index contributed by atoms with van der Waals surface area (Å²) in [6.45, 7) is 8.14. The van der Waals surface area contributed by atoms with Crippen molar-refractivity contribution in [1.82, 2.24) is 0 Å². The number of carbonyl (C=O) groups excluding carboxylic acids is 1. The lowest BCUT2D eigenvalue weighted by molar-refractivity contribution is -0.114. The molecule has 0 unspecified atom stereocenters. The molecule has 1 rings (SSSR count). The molecule has 0 atom stereocenters. The summed E-state index contributed by atoms with van der Waals surface area (Å²) in [5.41, 5.74) is 4.93. The van der Waals surface area contributed by atoms with Crippen LogP contribution >= 0.6 is 0 Å². The molecule has 0 saturated heterocycles. The number of hydrogen-bond acceptors (Lipinski definition) is 1. The standard InChI is InChI=1S/C14H18O/c1-5-13(15)8-9-14-11(3)7-6-10(2)12(14)4/h6-9H,5H2,1-4H3. The Labute approximate surface area is 91.8 Å². The van der Waals surface area contributed by atoms with Crippen LogP contribution in [0, 0.1) is 20.8 Å². The van der Waals surface area contributed by atoms with Gasteiger partial charge in [-0.05, 0) is 49.1 Å². The van der Waals surface area contributed by atoms with E-state index in [9.17, 15) is 4.79 Å². The maximum Gasteiger partial charge on any atom is 0.155 e. The summed E-state index contributed by atoms with van der Waals surface area (Å²) in [6, 6.07) is 4.21. The van der Waals surface area contributed by atoms with Gasteiger partial charge in [0.25, 0.3) is 0 Å². The van der Waals surface area contributed by atoms with Crippen LogP contribution in [0.15, 0.2) is 18.2 Å². The van der Waals surface area contributed by atoms with Gasteiger partial charge < -0.3 is 0 Å². The maximum absolute atomic E-state index is 11.2. The highest BCUT2D eigenvalue weighted by atomic mass is 16.1. The minimum Gasteiger partial charge on any atom is -0.295 e. The van der Waals surface area contributed by atoms with E-state index in [1.165, 1.54) is 22.3 Å². The van der Waals surface area contributed by atoms with E-state index in [0.29, 0.717) is 6.42 Å². The van der Waals surface area contributed by atoms with Gasteiger partial charge in [-0.25, -0.2) is 0 Å². The zero-order chi connectivity index (χ0) is 11.4. The topological polar surface area (TPSA) is 17.1 Å². The minimum absolute atomic E-state index is 0.176. The third-order valence-electron chi connectivity index (χ3n) is 2.79. The molecule has 0 amide bonds. The highest BCUT2D eigenvalue weighted by Gasteiger charge is 2.01. The predicted octanol–water partition coefficient (Wildman–Crippen LogP) is 3.60. The van der Waals surface area contributed by atoms with Gasteiger partial charge in [-0.1, -0.05) is 25.1 Å². The zero-order valence-corrected chi connectivity index (χ0v) is 9.92. The fourth-order valence-electron chi connectivity index (χ4n) is 1.52. The van der Waals surface area contributed by atoms with Crippen molar-refractivity contribution in [3.8, 4) is 0 Å². The van der Waals surface area contributed by atoms with E-state index in [2.05, 4.69) is 32.9 Å². The van der Waals surface area contributed by atoms with Gasteiger partial charge >= 0.3 is 0 Å². The summed E-state index contributed by atoms with van der Waals surface area (Å²) in [6.07, 6.45) is 4.18. The van der Waals surface area contributed by atoms with Crippen LogP contribution in [0.3, 0.4) is 0 Å². The molecule has 1 aromatic carbocycles. The first-order chi connectivity index (χ1) is 7.06. The molecule has 80 valence electrons. The maximum atomic E-state index is 11.2. The molecule has 0 aliphatic rings. The number of benzene rings is 1. The van der Waals surface area contributed by atoms with E-state index >= 15 is 0 Å². The quantitative estimate of drug-likeness (QED) is 0.684. The monoisotopic (exact) mass is 202 g/mol. The fourth-order valence-corrected chi connectivity index (χ4v) is 1.52. The van der Waals surface area contributed by atoms with Crippen molar-refractivity contribution >= 4 is 11.9 Å². The summed E-state index contributed by atoms with van der Waals surface area (Å²) in [7, 11) is 0. The molecule has 1 aromatic rings. The van der Waals surface area contributed by atoms with Crippen molar-refractivity contribution in [1.29, 1.82) is 0 Å². The first-order valence-corrected chi connectivity index (χ1v) is 5.34. The Kier molecular flexibility index (Phi) is 3.84. The molecule has 0 aliphatic carbocycles. The van der Waals surface area contributed by atoms with E-state index in [1.54, 1.807) is 6.08 Å². The molecule has 0 spiro atoms. The lowest BCUT2D eigenvalue weighted by Gasteiger charge is -2.07. The van der Waals surface area contributed by atoms with Crippen molar-refractivity contribution < 1.29 is 4.79 Å². The molecule has 0 N–H and O–H groups in total. The molecular weight excluding hydrogens is 184 g/mol. The highest BCUT2D eigenvalue weighted by molar-refractivity contribution is 5.93.